The second-order valence-electron chi connectivity index (χ2n) is 20.3. The molecule has 3 aromatic carbocycles. The Balaban J connectivity index is 0.787. The first-order valence-electron chi connectivity index (χ1n) is 24.3. The Labute approximate surface area is 432 Å². The SMILES string of the molecule is Cc1ncsc1-c1ccc([C@H](C)NC(=O)[C@@H]2C[C@@H](O)CN2C(=O)[C@@H](NC(=O)Cc2cccc(O[C@H]3C[C@H](NC(=O)C[C@@H]4N=C(c5ccc(Cl)cc5)c5c(sc(C)c5C)-n5c(C)nnc54)C3)c2)C(C)(C)C)cc1. The maximum atomic E-state index is 14.3. The van der Waals surface area contributed by atoms with Crippen molar-refractivity contribution in [1.29, 1.82) is 0 Å². The van der Waals surface area contributed by atoms with Crippen LogP contribution < -0.4 is 20.7 Å². The van der Waals surface area contributed by atoms with Gasteiger partial charge in [0.25, 0.3) is 0 Å². The van der Waals surface area contributed by atoms with Crippen molar-refractivity contribution >= 4 is 63.6 Å². The van der Waals surface area contributed by atoms with Crippen LogP contribution >= 0.6 is 34.3 Å². The summed E-state index contributed by atoms with van der Waals surface area (Å²) in [4.78, 5) is 68.8. The van der Waals surface area contributed by atoms with Crippen LogP contribution in [-0.4, -0.2) is 96.0 Å². The molecule has 3 aliphatic rings. The van der Waals surface area contributed by atoms with E-state index in [-0.39, 0.29) is 61.7 Å². The van der Waals surface area contributed by atoms with Crippen molar-refractivity contribution in [2.24, 2.45) is 10.4 Å². The van der Waals surface area contributed by atoms with E-state index in [0.717, 1.165) is 54.9 Å². The number of aliphatic hydroxyl groups is 1. The molecular formula is C54H60ClN9O6S2. The number of β-amino-alcohol motifs (C(OH)–C–C–N with tert-alkyl or cyclic N) is 1. The molecule has 376 valence electrons. The van der Waals surface area contributed by atoms with Gasteiger partial charge in [-0.25, -0.2) is 4.98 Å². The summed E-state index contributed by atoms with van der Waals surface area (Å²) in [6.07, 6.45) is 0.311. The van der Waals surface area contributed by atoms with Gasteiger partial charge in [-0.2, -0.15) is 0 Å². The molecule has 4 amide bonds. The highest BCUT2D eigenvalue weighted by Gasteiger charge is 2.45. The molecule has 2 aliphatic heterocycles. The van der Waals surface area contributed by atoms with Gasteiger partial charge in [-0.1, -0.05) is 80.9 Å². The number of fused-ring (bicyclic) bond motifs is 3. The minimum absolute atomic E-state index is 0.0187. The lowest BCUT2D eigenvalue weighted by atomic mass is 9.85. The van der Waals surface area contributed by atoms with Crippen LogP contribution in [0.25, 0.3) is 15.4 Å². The highest BCUT2D eigenvalue weighted by Crippen LogP contribution is 2.40. The molecule has 9 rings (SSSR count). The number of aliphatic imine (C=N–C) groups is 1. The largest absolute Gasteiger partial charge is 0.490 e. The zero-order valence-electron chi connectivity index (χ0n) is 41.7. The van der Waals surface area contributed by atoms with Crippen LogP contribution in [0.4, 0.5) is 0 Å². The quantitative estimate of drug-likeness (QED) is 0.0832. The lowest BCUT2D eigenvalue weighted by molar-refractivity contribution is -0.144. The number of nitrogens with zero attached hydrogens (tertiary/aromatic N) is 6. The minimum atomic E-state index is -0.975. The molecule has 0 bridgehead atoms. The number of ether oxygens (including phenoxy) is 1. The van der Waals surface area contributed by atoms with Crippen molar-refractivity contribution < 1.29 is 29.0 Å². The summed E-state index contributed by atoms with van der Waals surface area (Å²) in [5.41, 5.74) is 8.50. The molecule has 0 radical (unpaired) electrons. The number of rotatable bonds is 14. The molecule has 5 heterocycles. The van der Waals surface area contributed by atoms with Crippen molar-refractivity contribution in [3.63, 3.8) is 0 Å². The fraction of sp³-hybridized carbons (Fsp3) is 0.407. The van der Waals surface area contributed by atoms with Gasteiger partial charge in [-0.15, -0.1) is 32.9 Å². The fourth-order valence-electron chi connectivity index (χ4n) is 9.71. The number of carbonyl (C=O) groups is 4. The van der Waals surface area contributed by atoms with E-state index in [4.69, 9.17) is 21.3 Å². The average Bonchev–Trinajstić information content (AvgIpc) is 4.09. The summed E-state index contributed by atoms with van der Waals surface area (Å²) >= 11 is 9.51. The summed E-state index contributed by atoms with van der Waals surface area (Å²) in [6.45, 7) is 15.5. The maximum absolute atomic E-state index is 14.3. The second kappa shape index (κ2) is 20.7. The van der Waals surface area contributed by atoms with E-state index in [2.05, 4.69) is 45.0 Å². The molecule has 3 aromatic heterocycles. The predicted octanol–water partition coefficient (Wildman–Crippen LogP) is 8.26. The van der Waals surface area contributed by atoms with E-state index < -0.39 is 35.6 Å². The summed E-state index contributed by atoms with van der Waals surface area (Å²) < 4.78 is 8.36. The van der Waals surface area contributed by atoms with Crippen molar-refractivity contribution in [2.45, 2.75) is 130 Å². The molecule has 0 unspecified atom stereocenters. The minimum Gasteiger partial charge on any atom is -0.490 e. The number of hydrogen-bond acceptors (Lipinski definition) is 12. The van der Waals surface area contributed by atoms with E-state index in [9.17, 15) is 24.3 Å². The summed E-state index contributed by atoms with van der Waals surface area (Å²) in [7, 11) is 0. The number of thiophene rings is 1. The smallest absolute Gasteiger partial charge is 0.246 e. The fourth-order valence-corrected chi connectivity index (χ4v) is 11.9. The van der Waals surface area contributed by atoms with Gasteiger partial charge in [0, 0.05) is 52.9 Å². The number of aryl methyl sites for hydroxylation is 3. The van der Waals surface area contributed by atoms with E-state index >= 15 is 0 Å². The third kappa shape index (κ3) is 10.8. The molecule has 18 heteroatoms. The van der Waals surface area contributed by atoms with Crippen LogP contribution in [0.3, 0.4) is 0 Å². The Hall–Kier alpha value is -6.27. The molecule has 15 nitrogen and oxygen atoms in total. The van der Waals surface area contributed by atoms with E-state index in [1.165, 1.54) is 9.78 Å². The van der Waals surface area contributed by atoms with Crippen LogP contribution in [0.1, 0.15) is 115 Å². The number of amides is 4. The number of thiazole rings is 1. The van der Waals surface area contributed by atoms with Gasteiger partial charge < -0.3 is 30.7 Å². The molecule has 2 fully saturated rings. The Kier molecular flexibility index (Phi) is 14.6. The van der Waals surface area contributed by atoms with Gasteiger partial charge in [-0.05, 0) is 86.6 Å². The Morgan fingerprint density at radius 3 is 2.33 bits per heavy atom. The Morgan fingerprint density at radius 1 is 0.917 bits per heavy atom. The molecule has 6 aromatic rings. The third-order valence-corrected chi connectivity index (χ3v) is 16.2. The monoisotopic (exact) mass is 1030 g/mol. The lowest BCUT2D eigenvalue weighted by Crippen LogP contribution is -2.58. The molecule has 72 heavy (non-hydrogen) atoms. The zero-order valence-corrected chi connectivity index (χ0v) is 44.0. The zero-order chi connectivity index (χ0) is 51.2. The van der Waals surface area contributed by atoms with Gasteiger partial charge in [0.1, 0.15) is 40.8 Å². The van der Waals surface area contributed by atoms with Crippen molar-refractivity contribution in [3.05, 3.63) is 133 Å². The second-order valence-corrected chi connectivity index (χ2v) is 22.8. The molecule has 1 saturated heterocycles. The first kappa shape index (κ1) is 50.7. The third-order valence-electron chi connectivity index (χ3n) is 13.8. The summed E-state index contributed by atoms with van der Waals surface area (Å²) in [5, 5.41) is 30.5. The van der Waals surface area contributed by atoms with Gasteiger partial charge in [0.2, 0.25) is 23.6 Å². The summed E-state index contributed by atoms with van der Waals surface area (Å²) in [5.74, 6) is 0.606. The molecule has 1 saturated carbocycles. The molecule has 5 atom stereocenters. The number of benzene rings is 3. The molecular weight excluding hydrogens is 970 g/mol. The number of halogens is 1. The lowest BCUT2D eigenvalue weighted by Gasteiger charge is -2.36. The average molecular weight is 1030 g/mol. The number of nitrogens with one attached hydrogen (secondary N) is 3. The number of aliphatic hydroxyl groups excluding tert-OH is 1. The first-order chi connectivity index (χ1) is 34.3. The van der Waals surface area contributed by atoms with Gasteiger partial charge >= 0.3 is 0 Å². The Morgan fingerprint density at radius 2 is 1.64 bits per heavy atom. The first-order valence-corrected chi connectivity index (χ1v) is 26.4. The Bertz CT molecular complexity index is 3040. The number of hydrogen-bond donors (Lipinski definition) is 4. The molecule has 0 spiro atoms. The number of likely N-dealkylation sites (tertiary alicyclic amines) is 1. The van der Waals surface area contributed by atoms with Crippen LogP contribution in [0.15, 0.2) is 83.3 Å². The van der Waals surface area contributed by atoms with E-state index in [0.29, 0.717) is 35.0 Å². The highest BCUT2D eigenvalue weighted by atomic mass is 35.5. The van der Waals surface area contributed by atoms with Gasteiger partial charge in [0.15, 0.2) is 5.82 Å². The van der Waals surface area contributed by atoms with E-state index in [1.54, 1.807) is 22.7 Å². The topological polar surface area (TPSA) is 193 Å². The normalized spacial score (nSPS) is 20.3. The van der Waals surface area contributed by atoms with Crippen molar-refractivity contribution in [2.75, 3.05) is 6.54 Å². The van der Waals surface area contributed by atoms with Crippen LogP contribution in [0.5, 0.6) is 5.75 Å². The van der Waals surface area contributed by atoms with Gasteiger partial charge in [-0.3, -0.25) is 28.7 Å². The molecule has 1 aliphatic carbocycles. The summed E-state index contributed by atoms with van der Waals surface area (Å²) in [6, 6.07) is 19.9. The van der Waals surface area contributed by atoms with Crippen molar-refractivity contribution in [3.8, 4) is 21.2 Å². The predicted molar refractivity (Wildman–Crippen MR) is 280 cm³/mol. The van der Waals surface area contributed by atoms with Crippen LogP contribution in [0.2, 0.25) is 5.02 Å². The number of aromatic nitrogens is 4. The molecule has 4 N–H and O–H groups in total. The van der Waals surface area contributed by atoms with Gasteiger partial charge in [0.05, 0.1) is 46.8 Å². The van der Waals surface area contributed by atoms with Crippen molar-refractivity contribution in [1.82, 2.24) is 40.6 Å². The maximum Gasteiger partial charge on any atom is 0.246 e. The highest BCUT2D eigenvalue weighted by molar-refractivity contribution is 7.15. The standard InChI is InChI=1S/C54H60ClN9O6S2/c1-28-31(4)72-53-46(28)47(35-16-18-37(55)19-17-35)59-42(50-62-61-32(5)64(50)53)25-45(67)58-38-22-41(23-38)70-40-11-9-10-33(20-40)21-44(66)60-49(54(6,7)8)52(69)63-26-39(65)24-43(63)51(68)57-29(2)34-12-14-36(15-13-34)48-30(3)56-27-71-48/h9-20,27,29,38-39,41-43,49,65H,21-26H2,1-8H3,(H,57,68)(H,58,67)(H,60,66)/t29-,38-,39+,41-,42-,43-,49+/m0/s1. The van der Waals surface area contributed by atoms with Crippen LogP contribution in [0, 0.1) is 33.1 Å². The van der Waals surface area contributed by atoms with E-state index in [1.807, 2.05) is 124 Å². The van der Waals surface area contributed by atoms with Crippen LogP contribution in [-0.2, 0) is 25.6 Å². The number of carbonyl (C=O) groups excluding carboxylic acids is 4.